The topological polar surface area (TPSA) is 24.1 Å². The van der Waals surface area contributed by atoms with Gasteiger partial charge in [-0.05, 0) is 69.5 Å². The molecule has 0 heterocycles. The van der Waals surface area contributed by atoms with E-state index < -0.39 is 0 Å². The maximum atomic E-state index is 5.48. The van der Waals surface area contributed by atoms with Crippen LogP contribution in [-0.4, -0.2) is 16.7 Å². The van der Waals surface area contributed by atoms with Crippen molar-refractivity contribution in [2.75, 3.05) is 0 Å². The Morgan fingerprint density at radius 2 is 1.74 bits per heavy atom. The van der Waals surface area contributed by atoms with Crippen molar-refractivity contribution < 1.29 is 0 Å². The van der Waals surface area contributed by atoms with Gasteiger partial charge in [-0.3, -0.25) is 0 Å². The first kappa shape index (κ1) is 16.7. The molecule has 4 unspecified atom stereocenters. The minimum Gasteiger partial charge on any atom is -0.359 e. The second kappa shape index (κ2) is 6.43. The average Bonchev–Trinajstić information content (AvgIpc) is 2.18. The van der Waals surface area contributed by atoms with Gasteiger partial charge < -0.3 is 10.6 Å². The lowest BCUT2D eigenvalue weighted by Gasteiger charge is -2.43. The molecule has 2 nitrogen and oxygen atoms in total. The van der Waals surface area contributed by atoms with E-state index in [0.717, 1.165) is 16.9 Å². The molecule has 1 aliphatic rings. The van der Waals surface area contributed by atoms with Crippen LogP contribution in [0.4, 0.5) is 0 Å². The zero-order chi connectivity index (χ0) is 14.8. The molecule has 1 rings (SSSR count). The molecular formula is C16H32N2S. The van der Waals surface area contributed by atoms with Crippen molar-refractivity contribution in [2.45, 2.75) is 72.9 Å². The quantitative estimate of drug-likeness (QED) is 0.751. The van der Waals surface area contributed by atoms with E-state index in [2.05, 4.69) is 59.1 Å². The average molecular weight is 285 g/mol. The van der Waals surface area contributed by atoms with Crippen LogP contribution in [0.3, 0.4) is 0 Å². The Hall–Kier alpha value is -0.310. The fraction of sp³-hybridized carbons (Fsp3) is 0.938. The predicted molar refractivity (Wildman–Crippen MR) is 88.3 cm³/mol. The van der Waals surface area contributed by atoms with Crippen LogP contribution in [0, 0.1) is 23.7 Å². The standard InChI is InChI=1S/C16H32N2S/c1-10(2)13-9-11(3)8-12(4)14(13)17-15(19)18-16(5,6)7/h10-14H,8-9H2,1-7H3,(H2,17,18,19). The molecule has 0 aromatic carbocycles. The summed E-state index contributed by atoms with van der Waals surface area (Å²) in [6, 6.07) is 0.513. The van der Waals surface area contributed by atoms with Crippen LogP contribution in [0.15, 0.2) is 0 Å². The smallest absolute Gasteiger partial charge is 0.166 e. The second-order valence-electron chi connectivity index (χ2n) is 7.84. The van der Waals surface area contributed by atoms with Gasteiger partial charge in [-0.2, -0.15) is 0 Å². The van der Waals surface area contributed by atoms with Gasteiger partial charge in [-0.25, -0.2) is 0 Å². The van der Waals surface area contributed by atoms with E-state index in [9.17, 15) is 0 Å². The molecule has 0 spiro atoms. The van der Waals surface area contributed by atoms with Gasteiger partial charge in [0.15, 0.2) is 5.11 Å². The summed E-state index contributed by atoms with van der Waals surface area (Å²) in [6.45, 7) is 15.9. The van der Waals surface area contributed by atoms with E-state index >= 15 is 0 Å². The Morgan fingerprint density at radius 3 is 2.21 bits per heavy atom. The minimum atomic E-state index is 0.0304. The normalized spacial score (nSPS) is 32.2. The molecule has 0 bridgehead atoms. The molecule has 3 heteroatoms. The Kier molecular flexibility index (Phi) is 5.66. The fourth-order valence-electron chi connectivity index (χ4n) is 3.37. The van der Waals surface area contributed by atoms with Gasteiger partial charge in [0.05, 0.1) is 0 Å². The van der Waals surface area contributed by atoms with Crippen molar-refractivity contribution in [2.24, 2.45) is 23.7 Å². The van der Waals surface area contributed by atoms with E-state index in [1.807, 2.05) is 0 Å². The van der Waals surface area contributed by atoms with Gasteiger partial charge in [0.2, 0.25) is 0 Å². The second-order valence-corrected chi connectivity index (χ2v) is 8.24. The molecule has 1 saturated carbocycles. The summed E-state index contributed by atoms with van der Waals surface area (Å²) >= 11 is 5.48. The van der Waals surface area contributed by atoms with Crippen LogP contribution in [0.5, 0.6) is 0 Å². The largest absolute Gasteiger partial charge is 0.359 e. The first-order valence-electron chi connectivity index (χ1n) is 7.69. The number of hydrogen-bond acceptors (Lipinski definition) is 1. The molecular weight excluding hydrogens is 252 g/mol. The molecule has 0 saturated heterocycles. The highest BCUT2D eigenvalue weighted by molar-refractivity contribution is 7.80. The zero-order valence-electron chi connectivity index (χ0n) is 13.7. The minimum absolute atomic E-state index is 0.0304. The number of nitrogens with one attached hydrogen (secondary N) is 2. The van der Waals surface area contributed by atoms with Crippen LogP contribution in [0.2, 0.25) is 0 Å². The molecule has 1 fully saturated rings. The highest BCUT2D eigenvalue weighted by atomic mass is 32.1. The summed E-state index contributed by atoms with van der Waals surface area (Å²) in [5.41, 5.74) is 0.0304. The molecule has 2 N–H and O–H groups in total. The van der Waals surface area contributed by atoms with Crippen LogP contribution < -0.4 is 10.6 Å². The Balaban J connectivity index is 2.69. The first-order valence-corrected chi connectivity index (χ1v) is 8.09. The van der Waals surface area contributed by atoms with Crippen LogP contribution in [0.25, 0.3) is 0 Å². The van der Waals surface area contributed by atoms with Gasteiger partial charge in [0.25, 0.3) is 0 Å². The third kappa shape index (κ3) is 5.29. The molecule has 4 atom stereocenters. The van der Waals surface area contributed by atoms with Gasteiger partial charge in [-0.1, -0.05) is 27.7 Å². The maximum absolute atomic E-state index is 5.48. The van der Waals surface area contributed by atoms with Crippen molar-refractivity contribution in [1.82, 2.24) is 10.6 Å². The Labute approximate surface area is 125 Å². The molecule has 1 aliphatic carbocycles. The highest BCUT2D eigenvalue weighted by Crippen LogP contribution is 2.37. The van der Waals surface area contributed by atoms with Crippen molar-refractivity contribution in [3.63, 3.8) is 0 Å². The van der Waals surface area contributed by atoms with Crippen LogP contribution in [-0.2, 0) is 0 Å². The predicted octanol–water partition coefficient (Wildman–Crippen LogP) is 3.96. The number of rotatable bonds is 2. The molecule has 0 aromatic heterocycles. The third-order valence-corrected chi connectivity index (χ3v) is 4.39. The van der Waals surface area contributed by atoms with E-state index in [-0.39, 0.29) is 5.54 Å². The summed E-state index contributed by atoms with van der Waals surface area (Å²) in [4.78, 5) is 0. The van der Waals surface area contributed by atoms with Gasteiger partial charge in [0.1, 0.15) is 0 Å². The Morgan fingerprint density at radius 1 is 1.16 bits per heavy atom. The first-order chi connectivity index (χ1) is 8.60. The van der Waals surface area contributed by atoms with Gasteiger partial charge in [-0.15, -0.1) is 0 Å². The summed E-state index contributed by atoms with van der Waals surface area (Å²) in [5, 5.41) is 7.79. The van der Waals surface area contributed by atoms with E-state index in [1.54, 1.807) is 0 Å². The monoisotopic (exact) mass is 284 g/mol. The summed E-state index contributed by atoms with van der Waals surface area (Å²) in [7, 11) is 0. The molecule has 19 heavy (non-hydrogen) atoms. The van der Waals surface area contributed by atoms with Gasteiger partial charge >= 0.3 is 0 Å². The van der Waals surface area contributed by atoms with Crippen molar-refractivity contribution in [3.05, 3.63) is 0 Å². The lowest BCUT2D eigenvalue weighted by Crippen LogP contribution is -2.55. The fourth-order valence-corrected chi connectivity index (χ4v) is 3.82. The Bertz CT molecular complexity index is 306. The lowest BCUT2D eigenvalue weighted by atomic mass is 9.69. The summed E-state index contributed by atoms with van der Waals surface area (Å²) in [5.74, 6) is 2.96. The summed E-state index contributed by atoms with van der Waals surface area (Å²) < 4.78 is 0. The SMILES string of the molecule is CC1CC(C)C(NC(=S)NC(C)(C)C)C(C(C)C)C1. The molecule has 0 radical (unpaired) electrons. The molecule has 112 valence electrons. The van der Waals surface area contributed by atoms with Crippen LogP contribution >= 0.6 is 12.2 Å². The van der Waals surface area contributed by atoms with Gasteiger partial charge in [0, 0.05) is 11.6 Å². The third-order valence-electron chi connectivity index (χ3n) is 4.17. The maximum Gasteiger partial charge on any atom is 0.166 e. The lowest BCUT2D eigenvalue weighted by molar-refractivity contribution is 0.130. The summed E-state index contributed by atoms with van der Waals surface area (Å²) in [6.07, 6.45) is 2.62. The van der Waals surface area contributed by atoms with E-state index in [1.165, 1.54) is 12.8 Å². The molecule has 0 aliphatic heterocycles. The number of thiocarbonyl (C=S) groups is 1. The van der Waals surface area contributed by atoms with E-state index in [0.29, 0.717) is 17.9 Å². The molecule has 0 aromatic rings. The molecule has 0 amide bonds. The zero-order valence-corrected chi connectivity index (χ0v) is 14.5. The van der Waals surface area contributed by atoms with E-state index in [4.69, 9.17) is 12.2 Å². The van der Waals surface area contributed by atoms with Crippen molar-refractivity contribution in [1.29, 1.82) is 0 Å². The van der Waals surface area contributed by atoms with Crippen molar-refractivity contribution >= 4 is 17.3 Å². The van der Waals surface area contributed by atoms with Crippen molar-refractivity contribution in [3.8, 4) is 0 Å². The van der Waals surface area contributed by atoms with Crippen LogP contribution in [0.1, 0.15) is 61.3 Å². The highest BCUT2D eigenvalue weighted by Gasteiger charge is 2.36. The number of hydrogen-bond donors (Lipinski definition) is 2.